The van der Waals surface area contributed by atoms with Crippen molar-refractivity contribution in [1.29, 1.82) is 0 Å². The maximum atomic E-state index is 12.3. The zero-order valence-electron chi connectivity index (χ0n) is 13.8. The Labute approximate surface area is 170 Å². The second-order valence-corrected chi connectivity index (χ2v) is 7.40. The minimum atomic E-state index is -0.274. The Hall–Kier alpha value is -1.47. The first-order chi connectivity index (χ1) is 12.5. The summed E-state index contributed by atoms with van der Waals surface area (Å²) in [4.78, 5) is 14.5. The lowest BCUT2D eigenvalue weighted by Gasteiger charge is -2.30. The minimum Gasteiger partial charge on any atom is -0.483 e. The third-order valence-electron chi connectivity index (χ3n) is 3.84. The van der Waals surface area contributed by atoms with E-state index in [-0.39, 0.29) is 12.5 Å². The van der Waals surface area contributed by atoms with Crippen LogP contribution in [-0.2, 0) is 9.53 Å². The molecule has 0 spiro atoms. The molecule has 1 aliphatic rings. The Kier molecular flexibility index (Phi) is 6.64. The van der Waals surface area contributed by atoms with Crippen molar-refractivity contribution in [3.05, 3.63) is 50.9 Å². The molecule has 0 atom stereocenters. The zero-order chi connectivity index (χ0) is 18.5. The van der Waals surface area contributed by atoms with Crippen LogP contribution in [0.15, 0.2) is 40.9 Å². The average Bonchev–Trinajstić information content (AvgIpc) is 2.62. The van der Waals surface area contributed by atoms with E-state index in [1.165, 1.54) is 0 Å². The van der Waals surface area contributed by atoms with Gasteiger partial charge in [-0.1, -0.05) is 23.2 Å². The van der Waals surface area contributed by atoms with Crippen LogP contribution in [0.3, 0.4) is 0 Å². The van der Waals surface area contributed by atoms with Gasteiger partial charge in [-0.25, -0.2) is 0 Å². The Bertz CT molecular complexity index is 798. The van der Waals surface area contributed by atoms with Gasteiger partial charge in [0.15, 0.2) is 6.61 Å². The summed E-state index contributed by atoms with van der Waals surface area (Å²) in [6, 6.07) is 10.6. The highest BCUT2D eigenvalue weighted by molar-refractivity contribution is 9.10. The molecule has 1 amide bonds. The standard InChI is InChI=1S/C18H17BrCl2N2O3/c19-14-9-12(20)2-4-17(14)26-11-18(24)22-15-10-13(21)1-3-16(15)23-5-7-25-8-6-23/h1-4,9-10H,5-8,11H2,(H,22,24). The molecule has 0 aromatic heterocycles. The van der Waals surface area contributed by atoms with Gasteiger partial charge in [0.05, 0.1) is 29.1 Å². The number of morpholine rings is 1. The Balaban J connectivity index is 1.67. The number of ether oxygens (including phenoxy) is 2. The lowest BCUT2D eigenvalue weighted by atomic mass is 10.2. The lowest BCUT2D eigenvalue weighted by molar-refractivity contribution is -0.118. The van der Waals surface area contributed by atoms with E-state index in [0.717, 1.165) is 18.8 Å². The van der Waals surface area contributed by atoms with Crippen molar-refractivity contribution in [1.82, 2.24) is 0 Å². The highest BCUT2D eigenvalue weighted by Gasteiger charge is 2.17. The SMILES string of the molecule is O=C(COc1ccc(Cl)cc1Br)Nc1cc(Cl)ccc1N1CCOCC1. The molecule has 138 valence electrons. The van der Waals surface area contributed by atoms with E-state index >= 15 is 0 Å². The predicted molar refractivity (Wildman–Crippen MR) is 108 cm³/mol. The van der Waals surface area contributed by atoms with Gasteiger partial charge < -0.3 is 19.7 Å². The van der Waals surface area contributed by atoms with E-state index in [1.54, 1.807) is 24.3 Å². The van der Waals surface area contributed by atoms with Crippen molar-refractivity contribution in [2.24, 2.45) is 0 Å². The molecule has 1 N–H and O–H groups in total. The molecule has 0 aliphatic carbocycles. The van der Waals surface area contributed by atoms with E-state index in [9.17, 15) is 4.79 Å². The fourth-order valence-corrected chi connectivity index (χ4v) is 3.58. The van der Waals surface area contributed by atoms with E-state index in [1.807, 2.05) is 12.1 Å². The summed E-state index contributed by atoms with van der Waals surface area (Å²) in [6.07, 6.45) is 0. The molecule has 26 heavy (non-hydrogen) atoms. The first-order valence-electron chi connectivity index (χ1n) is 8.03. The molecular weight excluding hydrogens is 443 g/mol. The van der Waals surface area contributed by atoms with E-state index in [2.05, 4.69) is 26.1 Å². The van der Waals surface area contributed by atoms with Crippen molar-refractivity contribution in [3.8, 4) is 5.75 Å². The van der Waals surface area contributed by atoms with Gasteiger partial charge in [0.25, 0.3) is 5.91 Å². The Morgan fingerprint density at radius 1 is 1.15 bits per heavy atom. The maximum absolute atomic E-state index is 12.3. The third-order valence-corrected chi connectivity index (χ3v) is 4.93. The van der Waals surface area contributed by atoms with Gasteiger partial charge in [-0.05, 0) is 52.3 Å². The third kappa shape index (κ3) is 5.04. The molecule has 1 aliphatic heterocycles. The second-order valence-electron chi connectivity index (χ2n) is 5.67. The van der Waals surface area contributed by atoms with Crippen molar-refractivity contribution in [2.75, 3.05) is 43.1 Å². The summed E-state index contributed by atoms with van der Waals surface area (Å²) in [5, 5.41) is 4.02. The molecule has 0 radical (unpaired) electrons. The number of hydrogen-bond donors (Lipinski definition) is 1. The van der Waals surface area contributed by atoms with Gasteiger partial charge in [-0.3, -0.25) is 4.79 Å². The minimum absolute atomic E-state index is 0.130. The average molecular weight is 460 g/mol. The molecule has 1 heterocycles. The summed E-state index contributed by atoms with van der Waals surface area (Å²) in [5.41, 5.74) is 1.57. The van der Waals surface area contributed by atoms with Crippen LogP contribution >= 0.6 is 39.1 Å². The molecule has 5 nitrogen and oxygen atoms in total. The number of anilines is 2. The van der Waals surface area contributed by atoms with Crippen LogP contribution in [-0.4, -0.2) is 38.8 Å². The first-order valence-corrected chi connectivity index (χ1v) is 9.58. The quantitative estimate of drug-likeness (QED) is 0.709. The van der Waals surface area contributed by atoms with Crippen molar-refractivity contribution < 1.29 is 14.3 Å². The number of carbonyl (C=O) groups excluding carboxylic acids is 1. The normalized spacial score (nSPS) is 14.2. The number of nitrogens with zero attached hydrogens (tertiary/aromatic N) is 1. The summed E-state index contributed by atoms with van der Waals surface area (Å²) in [5.74, 6) is 0.271. The summed E-state index contributed by atoms with van der Waals surface area (Å²) < 4.78 is 11.6. The number of hydrogen-bond acceptors (Lipinski definition) is 4. The van der Waals surface area contributed by atoms with Gasteiger partial charge in [0, 0.05) is 23.1 Å². The number of benzene rings is 2. The molecule has 8 heteroatoms. The molecule has 1 saturated heterocycles. The van der Waals surface area contributed by atoms with E-state index in [4.69, 9.17) is 32.7 Å². The van der Waals surface area contributed by atoms with Gasteiger partial charge >= 0.3 is 0 Å². The number of halogens is 3. The van der Waals surface area contributed by atoms with Crippen molar-refractivity contribution >= 4 is 56.4 Å². The van der Waals surface area contributed by atoms with Gasteiger partial charge in [-0.15, -0.1) is 0 Å². The van der Waals surface area contributed by atoms with Crippen molar-refractivity contribution in [2.45, 2.75) is 0 Å². The van der Waals surface area contributed by atoms with Gasteiger partial charge in [0.2, 0.25) is 0 Å². The first kappa shape index (κ1) is 19.3. The second kappa shape index (κ2) is 8.95. The fraction of sp³-hybridized carbons (Fsp3) is 0.278. The van der Waals surface area contributed by atoms with Crippen LogP contribution in [0.4, 0.5) is 11.4 Å². The molecule has 3 rings (SSSR count). The lowest BCUT2D eigenvalue weighted by Crippen LogP contribution is -2.37. The highest BCUT2D eigenvalue weighted by atomic mass is 79.9. The number of amides is 1. The number of rotatable bonds is 5. The largest absolute Gasteiger partial charge is 0.483 e. The molecule has 0 bridgehead atoms. The summed E-state index contributed by atoms with van der Waals surface area (Å²) >= 11 is 15.4. The van der Waals surface area contributed by atoms with Crippen molar-refractivity contribution in [3.63, 3.8) is 0 Å². The topological polar surface area (TPSA) is 50.8 Å². The summed E-state index contributed by atoms with van der Waals surface area (Å²) in [6.45, 7) is 2.71. The van der Waals surface area contributed by atoms with Crippen LogP contribution < -0.4 is 15.0 Å². The predicted octanol–water partition coefficient (Wildman–Crippen LogP) is 4.61. The molecule has 0 saturated carbocycles. The Morgan fingerprint density at radius 3 is 2.58 bits per heavy atom. The molecule has 0 unspecified atom stereocenters. The smallest absolute Gasteiger partial charge is 0.262 e. The Morgan fingerprint density at radius 2 is 1.85 bits per heavy atom. The molecule has 2 aromatic rings. The molecular formula is C18H17BrCl2N2O3. The van der Waals surface area contributed by atoms with Gasteiger partial charge in [0.1, 0.15) is 5.75 Å². The maximum Gasteiger partial charge on any atom is 0.262 e. The van der Waals surface area contributed by atoms with E-state index in [0.29, 0.717) is 39.2 Å². The molecule has 1 fully saturated rings. The van der Waals surface area contributed by atoms with Gasteiger partial charge in [-0.2, -0.15) is 0 Å². The van der Waals surface area contributed by atoms with Crippen LogP contribution in [0.2, 0.25) is 10.0 Å². The van der Waals surface area contributed by atoms with Crippen LogP contribution in [0.5, 0.6) is 5.75 Å². The zero-order valence-corrected chi connectivity index (χ0v) is 16.9. The molecule has 2 aromatic carbocycles. The van der Waals surface area contributed by atoms with Crippen LogP contribution in [0, 0.1) is 0 Å². The monoisotopic (exact) mass is 458 g/mol. The van der Waals surface area contributed by atoms with Crippen LogP contribution in [0.1, 0.15) is 0 Å². The fourth-order valence-electron chi connectivity index (χ4n) is 2.61. The van der Waals surface area contributed by atoms with E-state index < -0.39 is 0 Å². The number of nitrogens with one attached hydrogen (secondary N) is 1. The summed E-state index contributed by atoms with van der Waals surface area (Å²) in [7, 11) is 0. The number of carbonyl (C=O) groups is 1. The van der Waals surface area contributed by atoms with Crippen LogP contribution in [0.25, 0.3) is 0 Å². The highest BCUT2D eigenvalue weighted by Crippen LogP contribution is 2.30.